The molecule has 0 unspecified atom stereocenters. The van der Waals surface area contributed by atoms with E-state index in [2.05, 4.69) is 5.32 Å². The summed E-state index contributed by atoms with van der Waals surface area (Å²) in [6.45, 7) is 5.02. The average Bonchev–Trinajstić information content (AvgIpc) is 2.13. The topological polar surface area (TPSA) is 55.4 Å². The molecule has 0 saturated carbocycles. The van der Waals surface area contributed by atoms with E-state index in [1.807, 2.05) is 6.92 Å². The van der Waals surface area contributed by atoms with Crippen LogP contribution >= 0.6 is 0 Å². The van der Waals surface area contributed by atoms with Crippen molar-refractivity contribution in [2.75, 3.05) is 19.7 Å². The van der Waals surface area contributed by atoms with Crippen molar-refractivity contribution < 1.29 is 14.3 Å². The molecule has 0 saturated heterocycles. The summed E-state index contributed by atoms with van der Waals surface area (Å²) in [7, 11) is 0. The number of carbonyl (C=O) groups excluding carboxylic acids is 2. The van der Waals surface area contributed by atoms with Crippen LogP contribution in [0.3, 0.4) is 0 Å². The average molecular weight is 201 g/mol. The normalized spacial score (nSPS) is 9.86. The molecule has 0 aromatic heterocycles. The van der Waals surface area contributed by atoms with Crippen LogP contribution in [0.4, 0.5) is 0 Å². The van der Waals surface area contributed by atoms with Gasteiger partial charge in [0.2, 0.25) is 0 Å². The fourth-order valence-electron chi connectivity index (χ4n) is 1.02. The maximum absolute atomic E-state index is 11.0. The number of ketones is 1. The molecule has 0 aliphatic rings. The number of esters is 1. The molecule has 82 valence electrons. The highest BCUT2D eigenvalue weighted by molar-refractivity contribution is 5.80. The van der Waals surface area contributed by atoms with Gasteiger partial charge in [-0.1, -0.05) is 6.92 Å². The van der Waals surface area contributed by atoms with E-state index < -0.39 is 0 Å². The molecule has 0 aliphatic carbocycles. The lowest BCUT2D eigenvalue weighted by molar-refractivity contribution is -0.143. The van der Waals surface area contributed by atoms with E-state index in [0.29, 0.717) is 32.5 Å². The number of hydrogen-bond donors (Lipinski definition) is 1. The van der Waals surface area contributed by atoms with Gasteiger partial charge in [0.1, 0.15) is 5.78 Å². The zero-order valence-corrected chi connectivity index (χ0v) is 8.97. The first-order chi connectivity index (χ1) is 6.70. The van der Waals surface area contributed by atoms with Gasteiger partial charge in [0.05, 0.1) is 19.6 Å². The van der Waals surface area contributed by atoms with E-state index in [0.717, 1.165) is 6.42 Å². The Balaban J connectivity index is 3.28. The molecule has 0 atom stereocenters. The monoisotopic (exact) mass is 201 g/mol. The number of ether oxygens (including phenoxy) is 1. The Hall–Kier alpha value is -0.900. The fourth-order valence-corrected chi connectivity index (χ4v) is 1.02. The molecule has 4 nitrogen and oxygen atoms in total. The largest absolute Gasteiger partial charge is 0.466 e. The van der Waals surface area contributed by atoms with E-state index in [1.165, 1.54) is 0 Å². The van der Waals surface area contributed by atoms with E-state index in [-0.39, 0.29) is 11.8 Å². The predicted octanol–water partition coefficient (Wildman–Crippen LogP) is 0.898. The van der Waals surface area contributed by atoms with Crippen LogP contribution in [0, 0.1) is 0 Å². The van der Waals surface area contributed by atoms with Gasteiger partial charge in [-0.25, -0.2) is 0 Å². The molecule has 0 spiro atoms. The van der Waals surface area contributed by atoms with Gasteiger partial charge in [0.25, 0.3) is 0 Å². The van der Waals surface area contributed by atoms with E-state index in [9.17, 15) is 9.59 Å². The first-order valence-corrected chi connectivity index (χ1v) is 5.08. The predicted molar refractivity (Wildman–Crippen MR) is 54.0 cm³/mol. The quantitative estimate of drug-likeness (QED) is 0.468. The first kappa shape index (κ1) is 13.1. The highest BCUT2D eigenvalue weighted by Gasteiger charge is 2.02. The summed E-state index contributed by atoms with van der Waals surface area (Å²) in [6.07, 6.45) is 1.80. The highest BCUT2D eigenvalue weighted by atomic mass is 16.5. The molecule has 4 heteroatoms. The van der Waals surface area contributed by atoms with Gasteiger partial charge < -0.3 is 10.1 Å². The summed E-state index contributed by atoms with van der Waals surface area (Å²) in [6, 6.07) is 0. The van der Waals surface area contributed by atoms with Gasteiger partial charge in [-0.2, -0.15) is 0 Å². The molecule has 0 bridgehead atoms. The molecular weight excluding hydrogens is 182 g/mol. The van der Waals surface area contributed by atoms with E-state index in [4.69, 9.17) is 4.74 Å². The van der Waals surface area contributed by atoms with Crippen LogP contribution in [-0.4, -0.2) is 31.4 Å². The van der Waals surface area contributed by atoms with Gasteiger partial charge in [0, 0.05) is 13.0 Å². The number of rotatable bonds is 8. The van der Waals surface area contributed by atoms with Crippen molar-refractivity contribution in [3.05, 3.63) is 0 Å². The summed E-state index contributed by atoms with van der Waals surface area (Å²) in [5.74, 6) is -0.0284. The van der Waals surface area contributed by atoms with Gasteiger partial charge in [-0.15, -0.1) is 0 Å². The third kappa shape index (κ3) is 7.73. The molecule has 0 rings (SSSR count). The van der Waals surface area contributed by atoms with Crippen molar-refractivity contribution in [1.82, 2.24) is 5.32 Å². The Kier molecular flexibility index (Phi) is 8.13. The summed E-state index contributed by atoms with van der Waals surface area (Å²) >= 11 is 0. The van der Waals surface area contributed by atoms with Crippen LogP contribution in [0.5, 0.6) is 0 Å². The van der Waals surface area contributed by atoms with Crippen LogP contribution in [0.25, 0.3) is 0 Å². The molecular formula is C10H19NO3. The Bertz CT molecular complexity index is 160. The van der Waals surface area contributed by atoms with Crippen LogP contribution in [-0.2, 0) is 14.3 Å². The van der Waals surface area contributed by atoms with Crippen molar-refractivity contribution in [2.24, 2.45) is 0 Å². The van der Waals surface area contributed by atoms with Gasteiger partial charge in [-0.3, -0.25) is 9.59 Å². The molecule has 0 aromatic carbocycles. The van der Waals surface area contributed by atoms with Gasteiger partial charge >= 0.3 is 5.97 Å². The lowest BCUT2D eigenvalue weighted by Gasteiger charge is -2.03. The molecule has 0 heterocycles. The Morgan fingerprint density at radius 1 is 1.21 bits per heavy atom. The van der Waals surface area contributed by atoms with Crippen molar-refractivity contribution >= 4 is 11.8 Å². The lowest BCUT2D eigenvalue weighted by atomic mass is 10.2. The smallest absolute Gasteiger partial charge is 0.307 e. The molecule has 0 amide bonds. The number of nitrogens with one attached hydrogen (secondary N) is 1. The minimum Gasteiger partial charge on any atom is -0.466 e. The molecule has 0 radical (unpaired) electrons. The van der Waals surface area contributed by atoms with Crippen LogP contribution < -0.4 is 5.32 Å². The minimum atomic E-state index is -0.219. The molecule has 0 aromatic rings. The summed E-state index contributed by atoms with van der Waals surface area (Å²) in [5, 5.41) is 2.91. The summed E-state index contributed by atoms with van der Waals surface area (Å²) in [5.41, 5.74) is 0. The first-order valence-electron chi connectivity index (χ1n) is 5.08. The second-order valence-electron chi connectivity index (χ2n) is 3.02. The Morgan fingerprint density at radius 3 is 2.50 bits per heavy atom. The van der Waals surface area contributed by atoms with Crippen LogP contribution in [0.2, 0.25) is 0 Å². The van der Waals surface area contributed by atoms with Crippen LogP contribution in [0.15, 0.2) is 0 Å². The number of Topliss-reactive ketones (excluding diaryl/α,β-unsaturated/α-hetero) is 1. The van der Waals surface area contributed by atoms with Crippen molar-refractivity contribution in [1.29, 1.82) is 0 Å². The zero-order valence-electron chi connectivity index (χ0n) is 8.97. The van der Waals surface area contributed by atoms with E-state index in [1.54, 1.807) is 6.92 Å². The maximum atomic E-state index is 11.0. The second kappa shape index (κ2) is 8.69. The second-order valence-corrected chi connectivity index (χ2v) is 3.02. The Labute approximate surface area is 85.0 Å². The standard InChI is InChI=1S/C10H19NO3/c1-3-5-9(12)8-11-7-6-10(13)14-4-2/h11H,3-8H2,1-2H3. The van der Waals surface area contributed by atoms with Crippen molar-refractivity contribution in [3.8, 4) is 0 Å². The summed E-state index contributed by atoms with van der Waals surface area (Å²) in [4.78, 5) is 21.9. The Morgan fingerprint density at radius 2 is 1.93 bits per heavy atom. The van der Waals surface area contributed by atoms with Crippen LogP contribution in [0.1, 0.15) is 33.1 Å². The summed E-state index contributed by atoms with van der Waals surface area (Å²) < 4.78 is 4.73. The number of carbonyl (C=O) groups is 2. The third-order valence-corrected chi connectivity index (χ3v) is 1.66. The molecule has 1 N–H and O–H groups in total. The number of hydrogen-bond acceptors (Lipinski definition) is 4. The fraction of sp³-hybridized carbons (Fsp3) is 0.800. The van der Waals surface area contributed by atoms with Crippen molar-refractivity contribution in [3.63, 3.8) is 0 Å². The molecule has 14 heavy (non-hydrogen) atoms. The minimum absolute atomic E-state index is 0.191. The third-order valence-electron chi connectivity index (χ3n) is 1.66. The lowest BCUT2D eigenvalue weighted by Crippen LogP contribution is -2.25. The van der Waals surface area contributed by atoms with E-state index >= 15 is 0 Å². The zero-order chi connectivity index (χ0) is 10.8. The highest BCUT2D eigenvalue weighted by Crippen LogP contribution is 1.88. The molecule has 0 aliphatic heterocycles. The van der Waals surface area contributed by atoms with Gasteiger partial charge in [-0.05, 0) is 13.3 Å². The maximum Gasteiger partial charge on any atom is 0.307 e. The van der Waals surface area contributed by atoms with Crippen molar-refractivity contribution in [2.45, 2.75) is 33.1 Å². The SMILES string of the molecule is CCCC(=O)CNCCC(=O)OCC. The van der Waals surface area contributed by atoms with Gasteiger partial charge in [0.15, 0.2) is 0 Å². The molecule has 0 fully saturated rings.